The van der Waals surface area contributed by atoms with E-state index in [9.17, 15) is 10.1 Å². The highest BCUT2D eigenvalue weighted by molar-refractivity contribution is 14.1. The van der Waals surface area contributed by atoms with Gasteiger partial charge in [-0.1, -0.05) is 12.1 Å². The number of nitrogens with zero attached hydrogens (tertiary/aromatic N) is 3. The highest BCUT2D eigenvalue weighted by atomic mass is 127. The summed E-state index contributed by atoms with van der Waals surface area (Å²) in [5.41, 5.74) is 3.08. The zero-order chi connectivity index (χ0) is 16.2. The Labute approximate surface area is 145 Å². The minimum absolute atomic E-state index is 0.0466. The molecule has 23 heavy (non-hydrogen) atoms. The fraction of sp³-hybridized carbons (Fsp3) is 0. The van der Waals surface area contributed by atoms with Crippen molar-refractivity contribution in [2.75, 3.05) is 5.32 Å². The van der Waals surface area contributed by atoms with Crippen molar-refractivity contribution < 1.29 is 4.92 Å². The number of hydrogen-bond donors (Lipinski definition) is 1. The first-order chi connectivity index (χ1) is 11.1. The number of nitro groups is 1. The van der Waals surface area contributed by atoms with E-state index in [1.807, 2.05) is 30.3 Å². The second kappa shape index (κ2) is 6.69. The number of hydrogen-bond acceptors (Lipinski definition) is 5. The van der Waals surface area contributed by atoms with Gasteiger partial charge in [0.05, 0.1) is 4.92 Å². The Morgan fingerprint density at radius 3 is 2.57 bits per heavy atom. The van der Waals surface area contributed by atoms with Gasteiger partial charge in [0.15, 0.2) is 0 Å². The Balaban J connectivity index is 1.94. The molecular formula is C16H11IN4O2. The normalized spacial score (nSPS) is 10.3. The fourth-order valence-corrected chi connectivity index (χ4v) is 2.62. The zero-order valence-electron chi connectivity index (χ0n) is 11.8. The molecule has 0 spiro atoms. The van der Waals surface area contributed by atoms with E-state index in [1.165, 1.54) is 12.4 Å². The number of anilines is 2. The number of nitrogens with one attached hydrogen (secondary N) is 1. The third kappa shape index (κ3) is 3.62. The third-order valence-corrected chi connectivity index (χ3v) is 3.86. The van der Waals surface area contributed by atoms with Crippen LogP contribution in [0.15, 0.2) is 61.2 Å². The second-order valence-corrected chi connectivity index (χ2v) is 6.00. The maximum absolute atomic E-state index is 11.2. The van der Waals surface area contributed by atoms with Gasteiger partial charge in [-0.25, -0.2) is 9.97 Å². The Hall–Kier alpha value is -2.55. The molecular weight excluding hydrogens is 407 g/mol. The predicted molar refractivity (Wildman–Crippen MR) is 96.6 cm³/mol. The molecule has 1 N–H and O–H groups in total. The van der Waals surface area contributed by atoms with Gasteiger partial charge < -0.3 is 5.32 Å². The van der Waals surface area contributed by atoms with Crippen LogP contribution in [0.25, 0.3) is 11.1 Å². The predicted octanol–water partition coefficient (Wildman–Crippen LogP) is 4.40. The maximum Gasteiger partial charge on any atom is 0.293 e. The number of aromatic nitrogens is 2. The molecule has 1 heterocycles. The third-order valence-electron chi connectivity index (χ3n) is 3.19. The molecule has 3 aromatic rings. The van der Waals surface area contributed by atoms with Crippen LogP contribution in [0.1, 0.15) is 0 Å². The SMILES string of the molecule is O=[N+]([O-])c1cc(I)ccc1Nc1cccc(-c2cncnc2)c1. The average Bonchev–Trinajstić information content (AvgIpc) is 2.57. The zero-order valence-corrected chi connectivity index (χ0v) is 14.0. The van der Waals surface area contributed by atoms with Crippen molar-refractivity contribution in [3.05, 3.63) is 74.9 Å². The Kier molecular flexibility index (Phi) is 4.47. The number of benzene rings is 2. The summed E-state index contributed by atoms with van der Waals surface area (Å²) in [6.07, 6.45) is 4.92. The summed E-state index contributed by atoms with van der Waals surface area (Å²) in [4.78, 5) is 18.8. The Morgan fingerprint density at radius 2 is 1.83 bits per heavy atom. The van der Waals surface area contributed by atoms with Crippen LogP contribution < -0.4 is 5.32 Å². The van der Waals surface area contributed by atoms with Crippen LogP contribution in [-0.2, 0) is 0 Å². The van der Waals surface area contributed by atoms with Crippen LogP contribution >= 0.6 is 22.6 Å². The lowest BCUT2D eigenvalue weighted by Crippen LogP contribution is -1.97. The van der Waals surface area contributed by atoms with Crippen LogP contribution in [0.5, 0.6) is 0 Å². The molecule has 0 saturated heterocycles. The molecule has 3 rings (SSSR count). The van der Waals surface area contributed by atoms with E-state index in [1.54, 1.807) is 18.5 Å². The molecule has 114 valence electrons. The smallest absolute Gasteiger partial charge is 0.293 e. The van der Waals surface area contributed by atoms with E-state index in [4.69, 9.17) is 0 Å². The van der Waals surface area contributed by atoms with Crippen molar-refractivity contribution in [2.45, 2.75) is 0 Å². The van der Waals surface area contributed by atoms with E-state index in [0.717, 1.165) is 20.4 Å². The molecule has 0 atom stereocenters. The van der Waals surface area contributed by atoms with E-state index < -0.39 is 0 Å². The minimum atomic E-state index is -0.390. The highest BCUT2D eigenvalue weighted by Crippen LogP contribution is 2.30. The van der Waals surface area contributed by atoms with E-state index in [0.29, 0.717) is 5.69 Å². The van der Waals surface area contributed by atoms with Crippen molar-refractivity contribution in [3.63, 3.8) is 0 Å². The molecule has 0 aliphatic heterocycles. The molecule has 0 saturated carbocycles. The molecule has 0 fully saturated rings. The summed E-state index contributed by atoms with van der Waals surface area (Å²) in [6.45, 7) is 0. The standard InChI is InChI=1S/C16H11IN4O2/c17-13-4-5-15(16(7-13)21(22)23)20-14-3-1-2-11(6-14)12-8-18-10-19-9-12/h1-10,20H. The Bertz CT molecular complexity index is 856. The number of nitro benzene ring substituents is 1. The first-order valence-corrected chi connectivity index (χ1v) is 7.78. The largest absolute Gasteiger partial charge is 0.350 e. The van der Waals surface area contributed by atoms with Crippen molar-refractivity contribution in [1.82, 2.24) is 9.97 Å². The van der Waals surface area contributed by atoms with Gasteiger partial charge in [-0.2, -0.15) is 0 Å². The summed E-state index contributed by atoms with van der Waals surface area (Å²) in [5, 5.41) is 14.3. The molecule has 0 aliphatic carbocycles. The summed E-state index contributed by atoms with van der Waals surface area (Å²) >= 11 is 2.05. The van der Waals surface area contributed by atoms with Crippen LogP contribution in [-0.4, -0.2) is 14.9 Å². The summed E-state index contributed by atoms with van der Waals surface area (Å²) < 4.78 is 0.815. The van der Waals surface area contributed by atoms with Gasteiger partial charge in [0.2, 0.25) is 0 Å². The molecule has 6 nitrogen and oxygen atoms in total. The first-order valence-electron chi connectivity index (χ1n) is 6.70. The minimum Gasteiger partial charge on any atom is -0.350 e. The highest BCUT2D eigenvalue weighted by Gasteiger charge is 2.14. The molecule has 7 heteroatoms. The molecule has 0 bridgehead atoms. The lowest BCUT2D eigenvalue weighted by Gasteiger charge is -2.09. The Morgan fingerprint density at radius 1 is 1.04 bits per heavy atom. The van der Waals surface area contributed by atoms with Crippen molar-refractivity contribution in [3.8, 4) is 11.1 Å². The van der Waals surface area contributed by atoms with Gasteiger partial charge in [0.1, 0.15) is 12.0 Å². The lowest BCUT2D eigenvalue weighted by atomic mass is 10.1. The van der Waals surface area contributed by atoms with Crippen LogP contribution in [0.4, 0.5) is 17.1 Å². The van der Waals surface area contributed by atoms with Gasteiger partial charge in [0, 0.05) is 33.3 Å². The van der Waals surface area contributed by atoms with Gasteiger partial charge in [-0.05, 0) is 52.4 Å². The first kappa shape index (κ1) is 15.3. The molecule has 0 amide bonds. The topological polar surface area (TPSA) is 81.0 Å². The van der Waals surface area contributed by atoms with Crippen molar-refractivity contribution >= 4 is 39.7 Å². The van der Waals surface area contributed by atoms with E-state index >= 15 is 0 Å². The maximum atomic E-state index is 11.2. The summed E-state index contributed by atoms with van der Waals surface area (Å²) in [7, 11) is 0. The van der Waals surface area contributed by atoms with Crippen LogP contribution in [0.2, 0.25) is 0 Å². The van der Waals surface area contributed by atoms with Gasteiger partial charge >= 0.3 is 0 Å². The second-order valence-electron chi connectivity index (χ2n) is 4.75. The van der Waals surface area contributed by atoms with Crippen LogP contribution in [0.3, 0.4) is 0 Å². The summed E-state index contributed by atoms with van der Waals surface area (Å²) in [6, 6.07) is 12.6. The van der Waals surface area contributed by atoms with Crippen molar-refractivity contribution in [1.29, 1.82) is 0 Å². The fourth-order valence-electron chi connectivity index (χ4n) is 2.14. The average molecular weight is 418 g/mol. The number of rotatable bonds is 4. The molecule has 2 aromatic carbocycles. The molecule has 0 unspecified atom stereocenters. The van der Waals surface area contributed by atoms with Crippen molar-refractivity contribution in [2.24, 2.45) is 0 Å². The van der Waals surface area contributed by atoms with Crippen LogP contribution in [0, 0.1) is 13.7 Å². The van der Waals surface area contributed by atoms with E-state index in [-0.39, 0.29) is 10.6 Å². The lowest BCUT2D eigenvalue weighted by molar-refractivity contribution is -0.384. The van der Waals surface area contributed by atoms with Gasteiger partial charge in [-0.3, -0.25) is 10.1 Å². The molecule has 1 aromatic heterocycles. The quantitative estimate of drug-likeness (QED) is 0.386. The molecule has 0 radical (unpaired) electrons. The van der Waals surface area contributed by atoms with Gasteiger partial charge in [0.25, 0.3) is 5.69 Å². The van der Waals surface area contributed by atoms with E-state index in [2.05, 4.69) is 37.9 Å². The number of halogens is 1. The molecule has 0 aliphatic rings. The van der Waals surface area contributed by atoms with Gasteiger partial charge in [-0.15, -0.1) is 0 Å². The monoisotopic (exact) mass is 418 g/mol. The summed E-state index contributed by atoms with van der Waals surface area (Å²) in [5.74, 6) is 0.